The predicted octanol–water partition coefficient (Wildman–Crippen LogP) is 3.12. The highest BCUT2D eigenvalue weighted by Crippen LogP contribution is 2.27. The number of rotatable bonds is 7. The molecule has 1 saturated carbocycles. The zero-order valence-corrected chi connectivity index (χ0v) is 15.4. The van der Waals surface area contributed by atoms with Crippen LogP contribution >= 0.6 is 11.3 Å². The van der Waals surface area contributed by atoms with Crippen molar-refractivity contribution in [3.05, 3.63) is 35.3 Å². The molecule has 138 valence electrons. The number of carboxylic acid groups (broad SMARTS) is 1. The average Bonchev–Trinajstić information content (AvgIpc) is 3.25. The lowest BCUT2D eigenvalue weighted by atomic mass is 10.1. The number of ether oxygens (including phenoxy) is 1. The largest absolute Gasteiger partial charge is 0.494 e. The van der Waals surface area contributed by atoms with Crippen molar-refractivity contribution in [2.45, 2.75) is 38.6 Å². The van der Waals surface area contributed by atoms with Gasteiger partial charge >= 0.3 is 5.97 Å². The first kappa shape index (κ1) is 18.4. The number of carbonyl (C=O) groups is 2. The van der Waals surface area contributed by atoms with Crippen molar-refractivity contribution in [1.29, 1.82) is 0 Å². The van der Waals surface area contributed by atoms with Crippen LogP contribution < -0.4 is 10.1 Å². The first-order valence-electron chi connectivity index (χ1n) is 8.75. The second-order valence-corrected chi connectivity index (χ2v) is 7.25. The number of nitrogens with zero attached hydrogens (tertiary/aromatic N) is 1. The van der Waals surface area contributed by atoms with Gasteiger partial charge in [0.05, 0.1) is 24.6 Å². The fourth-order valence-corrected chi connectivity index (χ4v) is 3.99. The first-order chi connectivity index (χ1) is 12.5. The van der Waals surface area contributed by atoms with Crippen LogP contribution in [0.1, 0.15) is 31.9 Å². The molecule has 1 amide bonds. The summed E-state index contributed by atoms with van der Waals surface area (Å²) in [6, 6.07) is 7.68. The van der Waals surface area contributed by atoms with Crippen molar-refractivity contribution in [3.8, 4) is 16.3 Å². The van der Waals surface area contributed by atoms with Gasteiger partial charge < -0.3 is 15.2 Å². The van der Waals surface area contributed by atoms with E-state index in [9.17, 15) is 9.59 Å². The number of carboxylic acids is 1. The van der Waals surface area contributed by atoms with Crippen LogP contribution in [0.25, 0.3) is 10.6 Å². The number of aliphatic carboxylic acids is 1. The fourth-order valence-electron chi connectivity index (χ4n) is 3.16. The molecule has 7 heteroatoms. The van der Waals surface area contributed by atoms with Gasteiger partial charge in [0.25, 0.3) is 0 Å². The predicted molar refractivity (Wildman–Crippen MR) is 99.3 cm³/mol. The molecule has 2 atom stereocenters. The zero-order chi connectivity index (χ0) is 18.5. The third kappa shape index (κ3) is 4.60. The highest BCUT2D eigenvalue weighted by atomic mass is 32.1. The quantitative estimate of drug-likeness (QED) is 0.777. The van der Waals surface area contributed by atoms with Crippen LogP contribution in [-0.4, -0.2) is 34.6 Å². The van der Waals surface area contributed by atoms with Gasteiger partial charge in [-0.2, -0.15) is 0 Å². The Morgan fingerprint density at radius 2 is 2.08 bits per heavy atom. The maximum atomic E-state index is 12.2. The molecule has 2 N–H and O–H groups in total. The van der Waals surface area contributed by atoms with Crippen molar-refractivity contribution in [2.24, 2.45) is 5.92 Å². The van der Waals surface area contributed by atoms with Gasteiger partial charge in [-0.1, -0.05) is 0 Å². The summed E-state index contributed by atoms with van der Waals surface area (Å²) < 4.78 is 5.43. The van der Waals surface area contributed by atoms with Crippen LogP contribution in [0.5, 0.6) is 5.75 Å². The van der Waals surface area contributed by atoms with E-state index in [0.717, 1.165) is 28.4 Å². The van der Waals surface area contributed by atoms with E-state index in [-0.39, 0.29) is 24.3 Å². The van der Waals surface area contributed by atoms with Crippen LogP contribution in [0.2, 0.25) is 0 Å². The Bertz CT molecular complexity index is 772. The number of benzene rings is 1. The molecule has 0 unspecified atom stereocenters. The molecular formula is C19H22N2O4S. The van der Waals surface area contributed by atoms with E-state index in [4.69, 9.17) is 9.84 Å². The molecule has 0 radical (unpaired) electrons. The lowest BCUT2D eigenvalue weighted by Gasteiger charge is -2.11. The maximum Gasteiger partial charge on any atom is 0.306 e. The molecule has 1 aliphatic rings. The molecule has 3 rings (SSSR count). The molecule has 1 fully saturated rings. The van der Waals surface area contributed by atoms with E-state index >= 15 is 0 Å². The van der Waals surface area contributed by atoms with Crippen molar-refractivity contribution < 1.29 is 19.4 Å². The van der Waals surface area contributed by atoms with E-state index in [1.165, 1.54) is 11.3 Å². The Balaban J connectivity index is 1.54. The van der Waals surface area contributed by atoms with Crippen LogP contribution in [-0.2, 0) is 16.0 Å². The van der Waals surface area contributed by atoms with E-state index in [0.29, 0.717) is 19.4 Å². The number of aromatic nitrogens is 1. The van der Waals surface area contributed by atoms with Crippen molar-refractivity contribution >= 4 is 23.2 Å². The van der Waals surface area contributed by atoms with Crippen molar-refractivity contribution in [3.63, 3.8) is 0 Å². The average molecular weight is 374 g/mol. The van der Waals surface area contributed by atoms with Crippen LogP contribution in [0.3, 0.4) is 0 Å². The van der Waals surface area contributed by atoms with Crippen LogP contribution in [0.4, 0.5) is 0 Å². The highest BCUT2D eigenvalue weighted by molar-refractivity contribution is 7.13. The molecule has 0 aliphatic heterocycles. The summed E-state index contributed by atoms with van der Waals surface area (Å²) in [7, 11) is 0. The van der Waals surface area contributed by atoms with Gasteiger partial charge in [0.2, 0.25) is 5.91 Å². The number of hydrogen-bond donors (Lipinski definition) is 2. The molecule has 0 bridgehead atoms. The molecule has 0 saturated heterocycles. The minimum absolute atomic E-state index is 0.0483. The molecular weight excluding hydrogens is 352 g/mol. The van der Waals surface area contributed by atoms with Gasteiger partial charge in [-0.15, -0.1) is 11.3 Å². The number of thiazole rings is 1. The summed E-state index contributed by atoms with van der Waals surface area (Å²) in [6.45, 7) is 2.57. The lowest BCUT2D eigenvalue weighted by molar-refractivity contribution is -0.141. The second-order valence-electron chi connectivity index (χ2n) is 6.39. The standard InChI is InChI=1S/C19H22N2O4S/c1-2-25-16-7-4-12(5-8-16)18-21-15(11-26-18)10-17(22)20-14-6-3-13(9-14)19(23)24/h4-5,7-8,11,13-14H,2-3,6,9-10H2,1H3,(H,20,22)(H,23,24)/t13-,14+/m1/s1. The van der Waals surface area contributed by atoms with Gasteiger partial charge in [-0.05, 0) is 50.5 Å². The van der Waals surface area contributed by atoms with Crippen LogP contribution in [0.15, 0.2) is 29.6 Å². The fraction of sp³-hybridized carbons (Fsp3) is 0.421. The van der Waals surface area contributed by atoms with E-state index < -0.39 is 5.97 Å². The Kier molecular flexibility index (Phi) is 5.88. The maximum absolute atomic E-state index is 12.2. The molecule has 1 aliphatic carbocycles. The molecule has 26 heavy (non-hydrogen) atoms. The van der Waals surface area contributed by atoms with Gasteiger partial charge in [0.15, 0.2) is 0 Å². The summed E-state index contributed by atoms with van der Waals surface area (Å²) >= 11 is 1.50. The van der Waals surface area contributed by atoms with Crippen molar-refractivity contribution in [1.82, 2.24) is 10.3 Å². The van der Waals surface area contributed by atoms with Gasteiger partial charge in [-0.3, -0.25) is 9.59 Å². The Morgan fingerprint density at radius 3 is 2.73 bits per heavy atom. The summed E-state index contributed by atoms with van der Waals surface area (Å²) in [5.74, 6) is -0.402. The minimum Gasteiger partial charge on any atom is -0.494 e. The summed E-state index contributed by atoms with van der Waals surface area (Å²) in [6.07, 6.45) is 2.06. The van der Waals surface area contributed by atoms with Crippen LogP contribution in [0, 0.1) is 5.92 Å². The molecule has 1 aromatic heterocycles. The third-order valence-electron chi connectivity index (χ3n) is 4.45. The molecule has 2 aromatic rings. The summed E-state index contributed by atoms with van der Waals surface area (Å²) in [5, 5.41) is 14.7. The number of nitrogens with one attached hydrogen (secondary N) is 1. The van der Waals surface area contributed by atoms with E-state index in [2.05, 4.69) is 10.3 Å². The third-order valence-corrected chi connectivity index (χ3v) is 5.39. The second kappa shape index (κ2) is 8.31. The van der Waals surface area contributed by atoms with E-state index in [1.54, 1.807) is 0 Å². The number of carbonyl (C=O) groups excluding carboxylic acids is 1. The van der Waals surface area contributed by atoms with E-state index in [1.807, 2.05) is 36.6 Å². The Morgan fingerprint density at radius 1 is 1.31 bits per heavy atom. The smallest absolute Gasteiger partial charge is 0.306 e. The topological polar surface area (TPSA) is 88.5 Å². The van der Waals surface area contributed by atoms with Gasteiger partial charge in [-0.25, -0.2) is 4.98 Å². The van der Waals surface area contributed by atoms with Crippen molar-refractivity contribution in [2.75, 3.05) is 6.61 Å². The van der Waals surface area contributed by atoms with Gasteiger partial charge in [0.1, 0.15) is 10.8 Å². The molecule has 1 aromatic carbocycles. The normalized spacial score (nSPS) is 19.3. The minimum atomic E-state index is -0.777. The first-order valence-corrected chi connectivity index (χ1v) is 9.63. The number of amides is 1. The SMILES string of the molecule is CCOc1ccc(-c2nc(CC(=O)N[C@H]3CC[C@@H](C(=O)O)C3)cs2)cc1. The highest BCUT2D eigenvalue weighted by Gasteiger charge is 2.30. The molecule has 6 nitrogen and oxygen atoms in total. The lowest BCUT2D eigenvalue weighted by Crippen LogP contribution is -2.34. The van der Waals surface area contributed by atoms with Gasteiger partial charge in [0, 0.05) is 17.0 Å². The summed E-state index contributed by atoms with van der Waals surface area (Å²) in [4.78, 5) is 27.7. The molecule has 0 spiro atoms. The summed E-state index contributed by atoms with van der Waals surface area (Å²) in [5.41, 5.74) is 1.72. The Hall–Kier alpha value is -2.41. The number of hydrogen-bond acceptors (Lipinski definition) is 5. The monoisotopic (exact) mass is 374 g/mol. The molecule has 1 heterocycles. The zero-order valence-electron chi connectivity index (χ0n) is 14.6. The Labute approximate surface area is 156 Å².